The molecule has 98 valence electrons. The molecule has 0 radical (unpaired) electrons. The molecule has 3 nitrogen and oxygen atoms in total. The summed E-state index contributed by atoms with van der Waals surface area (Å²) in [6.07, 6.45) is 2.90. The SMILES string of the molecule is O=C(Cc1nc(C2CC2)cs1)NCc1ccccc1. The smallest absolute Gasteiger partial charge is 0.227 e. The number of hydrogen-bond acceptors (Lipinski definition) is 3. The summed E-state index contributed by atoms with van der Waals surface area (Å²) in [4.78, 5) is 16.4. The maximum Gasteiger partial charge on any atom is 0.227 e. The third-order valence-corrected chi connectivity index (χ3v) is 4.08. The van der Waals surface area contributed by atoms with Crippen molar-refractivity contribution in [1.29, 1.82) is 0 Å². The summed E-state index contributed by atoms with van der Waals surface area (Å²) >= 11 is 1.60. The molecule has 4 heteroatoms. The van der Waals surface area contributed by atoms with Crippen LogP contribution in [0.15, 0.2) is 35.7 Å². The highest BCUT2D eigenvalue weighted by molar-refractivity contribution is 7.09. The first-order chi connectivity index (χ1) is 9.31. The van der Waals surface area contributed by atoms with Crippen LogP contribution in [0.25, 0.3) is 0 Å². The van der Waals surface area contributed by atoms with Gasteiger partial charge in [0, 0.05) is 17.8 Å². The number of nitrogens with one attached hydrogen (secondary N) is 1. The van der Waals surface area contributed by atoms with Crippen LogP contribution < -0.4 is 5.32 Å². The second-order valence-corrected chi connectivity index (χ2v) is 5.82. The molecule has 19 heavy (non-hydrogen) atoms. The zero-order valence-electron chi connectivity index (χ0n) is 10.6. The number of aromatic nitrogens is 1. The van der Waals surface area contributed by atoms with Crippen LogP contribution >= 0.6 is 11.3 Å². The van der Waals surface area contributed by atoms with Crippen LogP contribution in [0.2, 0.25) is 0 Å². The van der Waals surface area contributed by atoms with Crippen LogP contribution in [-0.4, -0.2) is 10.9 Å². The fourth-order valence-corrected chi connectivity index (χ4v) is 2.84. The molecule has 0 bridgehead atoms. The number of rotatable bonds is 5. The van der Waals surface area contributed by atoms with Gasteiger partial charge in [0.25, 0.3) is 0 Å². The molecule has 1 N–H and O–H groups in total. The lowest BCUT2D eigenvalue weighted by atomic mass is 10.2. The molecule has 1 saturated carbocycles. The van der Waals surface area contributed by atoms with Crippen LogP contribution in [0.5, 0.6) is 0 Å². The molecule has 1 aliphatic carbocycles. The number of benzene rings is 1. The first kappa shape index (κ1) is 12.4. The molecular formula is C15H16N2OS. The van der Waals surface area contributed by atoms with E-state index in [1.54, 1.807) is 11.3 Å². The van der Waals surface area contributed by atoms with Crippen molar-refractivity contribution in [1.82, 2.24) is 10.3 Å². The Morgan fingerprint density at radius 1 is 1.32 bits per heavy atom. The minimum absolute atomic E-state index is 0.0422. The van der Waals surface area contributed by atoms with Gasteiger partial charge in [-0.05, 0) is 18.4 Å². The minimum atomic E-state index is 0.0422. The molecule has 0 saturated heterocycles. The van der Waals surface area contributed by atoms with Crippen molar-refractivity contribution in [2.24, 2.45) is 0 Å². The van der Waals surface area contributed by atoms with Crippen LogP contribution in [0.3, 0.4) is 0 Å². The fourth-order valence-electron chi connectivity index (χ4n) is 1.97. The second kappa shape index (κ2) is 5.53. The summed E-state index contributed by atoms with van der Waals surface area (Å²) in [6, 6.07) is 9.94. The van der Waals surface area contributed by atoms with E-state index in [1.165, 1.54) is 18.5 Å². The van der Waals surface area contributed by atoms with Gasteiger partial charge in [-0.2, -0.15) is 0 Å². The highest BCUT2D eigenvalue weighted by Gasteiger charge is 2.26. The predicted molar refractivity (Wildman–Crippen MR) is 76.1 cm³/mol. The van der Waals surface area contributed by atoms with Gasteiger partial charge in [0.15, 0.2) is 0 Å². The highest BCUT2D eigenvalue weighted by Crippen LogP contribution is 2.40. The van der Waals surface area contributed by atoms with Crippen LogP contribution in [0, 0.1) is 0 Å². The monoisotopic (exact) mass is 272 g/mol. The Balaban J connectivity index is 1.50. The van der Waals surface area contributed by atoms with Crippen LogP contribution in [-0.2, 0) is 17.8 Å². The molecule has 0 atom stereocenters. The van der Waals surface area contributed by atoms with E-state index in [2.05, 4.69) is 15.7 Å². The number of hydrogen-bond donors (Lipinski definition) is 1. The van der Waals surface area contributed by atoms with E-state index < -0.39 is 0 Å². The Morgan fingerprint density at radius 2 is 2.11 bits per heavy atom. The van der Waals surface area contributed by atoms with Gasteiger partial charge in [0.05, 0.1) is 12.1 Å². The first-order valence-corrected chi connectivity index (χ1v) is 7.44. The van der Waals surface area contributed by atoms with Gasteiger partial charge in [0.1, 0.15) is 5.01 Å². The van der Waals surface area contributed by atoms with E-state index in [4.69, 9.17) is 0 Å². The number of thiazole rings is 1. The van der Waals surface area contributed by atoms with Gasteiger partial charge in [-0.15, -0.1) is 11.3 Å². The Kier molecular flexibility index (Phi) is 3.60. The number of carbonyl (C=O) groups excluding carboxylic acids is 1. The van der Waals surface area contributed by atoms with E-state index in [0.29, 0.717) is 18.9 Å². The maximum absolute atomic E-state index is 11.8. The summed E-state index contributed by atoms with van der Waals surface area (Å²) in [6.45, 7) is 0.584. The molecule has 1 amide bonds. The molecule has 2 aromatic rings. The molecule has 1 heterocycles. The summed E-state index contributed by atoms with van der Waals surface area (Å²) < 4.78 is 0. The average Bonchev–Trinajstić information content (AvgIpc) is 3.19. The van der Waals surface area contributed by atoms with Crippen molar-refractivity contribution >= 4 is 17.2 Å². The predicted octanol–water partition coefficient (Wildman–Crippen LogP) is 2.88. The van der Waals surface area contributed by atoms with E-state index in [0.717, 1.165) is 10.6 Å². The summed E-state index contributed by atoms with van der Waals surface area (Å²) in [5.74, 6) is 0.706. The standard InChI is InChI=1S/C15H16N2OS/c18-14(16-9-11-4-2-1-3-5-11)8-15-17-13(10-19-15)12-6-7-12/h1-5,10,12H,6-9H2,(H,16,18). The third-order valence-electron chi connectivity index (χ3n) is 3.21. The first-order valence-electron chi connectivity index (χ1n) is 6.56. The Labute approximate surface area is 116 Å². The number of nitrogens with zero attached hydrogens (tertiary/aromatic N) is 1. The van der Waals surface area contributed by atoms with Crippen molar-refractivity contribution < 1.29 is 4.79 Å². The van der Waals surface area contributed by atoms with Gasteiger partial charge in [-0.25, -0.2) is 4.98 Å². The molecule has 0 unspecified atom stereocenters. The summed E-state index contributed by atoms with van der Waals surface area (Å²) in [7, 11) is 0. The van der Waals surface area contributed by atoms with Crippen LogP contribution in [0.1, 0.15) is 35.0 Å². The van der Waals surface area contributed by atoms with Gasteiger partial charge < -0.3 is 5.32 Å². The number of amides is 1. The van der Waals surface area contributed by atoms with E-state index in [1.807, 2.05) is 30.3 Å². The molecule has 1 fully saturated rings. The summed E-state index contributed by atoms with van der Waals surface area (Å²) in [5.41, 5.74) is 2.30. The molecule has 1 aromatic heterocycles. The Hall–Kier alpha value is -1.68. The zero-order valence-corrected chi connectivity index (χ0v) is 11.5. The summed E-state index contributed by atoms with van der Waals surface area (Å²) in [5, 5.41) is 5.95. The lowest BCUT2D eigenvalue weighted by Gasteiger charge is -2.03. The van der Waals surface area contributed by atoms with Crippen molar-refractivity contribution in [2.45, 2.75) is 31.7 Å². The van der Waals surface area contributed by atoms with Crippen molar-refractivity contribution in [2.75, 3.05) is 0 Å². The normalized spacial score (nSPS) is 14.3. The highest BCUT2D eigenvalue weighted by atomic mass is 32.1. The zero-order chi connectivity index (χ0) is 13.1. The van der Waals surface area contributed by atoms with Gasteiger partial charge >= 0.3 is 0 Å². The van der Waals surface area contributed by atoms with Gasteiger partial charge in [-0.1, -0.05) is 30.3 Å². The molecule has 1 aromatic carbocycles. The van der Waals surface area contributed by atoms with E-state index >= 15 is 0 Å². The second-order valence-electron chi connectivity index (χ2n) is 4.88. The van der Waals surface area contributed by atoms with Crippen molar-refractivity contribution in [3.63, 3.8) is 0 Å². The minimum Gasteiger partial charge on any atom is -0.352 e. The lowest BCUT2D eigenvalue weighted by Crippen LogP contribution is -2.24. The quantitative estimate of drug-likeness (QED) is 0.909. The fraction of sp³-hybridized carbons (Fsp3) is 0.333. The van der Waals surface area contributed by atoms with Gasteiger partial charge in [0.2, 0.25) is 5.91 Å². The maximum atomic E-state index is 11.8. The molecule has 1 aliphatic rings. The molecule has 3 rings (SSSR count). The molecule has 0 spiro atoms. The Bertz CT molecular complexity index is 561. The van der Waals surface area contributed by atoms with E-state index in [9.17, 15) is 4.79 Å². The molecular weight excluding hydrogens is 256 g/mol. The largest absolute Gasteiger partial charge is 0.352 e. The van der Waals surface area contributed by atoms with E-state index in [-0.39, 0.29) is 5.91 Å². The van der Waals surface area contributed by atoms with Crippen LogP contribution in [0.4, 0.5) is 0 Å². The Morgan fingerprint density at radius 3 is 2.84 bits per heavy atom. The molecule has 0 aliphatic heterocycles. The average molecular weight is 272 g/mol. The van der Waals surface area contributed by atoms with Gasteiger partial charge in [-0.3, -0.25) is 4.79 Å². The lowest BCUT2D eigenvalue weighted by molar-refractivity contribution is -0.120. The van der Waals surface area contributed by atoms with Crippen molar-refractivity contribution in [3.05, 3.63) is 52.0 Å². The number of carbonyl (C=O) groups is 1. The topological polar surface area (TPSA) is 42.0 Å². The van der Waals surface area contributed by atoms with Crippen molar-refractivity contribution in [3.8, 4) is 0 Å². The third kappa shape index (κ3) is 3.41.